The lowest BCUT2D eigenvalue weighted by molar-refractivity contribution is 0.528. The highest BCUT2D eigenvalue weighted by Gasteiger charge is 2.09. The number of anilines is 1. The smallest absolute Gasteiger partial charge is 0.169 e. The van der Waals surface area contributed by atoms with E-state index in [9.17, 15) is 4.39 Å². The highest BCUT2D eigenvalue weighted by Crippen LogP contribution is 2.24. The molecule has 0 radical (unpaired) electrons. The molecular weight excluding hydrogens is 231 g/mol. The standard InChI is InChI=1S/C14H11FN2O/c15-12-3-1-2-9-6-11(18-14(9)12)7-10-8-17-5-4-13(10)16/h1-6,8H,7H2,(H2,16,17). The van der Waals surface area contributed by atoms with E-state index in [1.54, 1.807) is 24.5 Å². The Bertz CT molecular complexity index is 706. The van der Waals surface area contributed by atoms with Crippen molar-refractivity contribution in [2.45, 2.75) is 6.42 Å². The van der Waals surface area contributed by atoms with Crippen molar-refractivity contribution in [3.8, 4) is 0 Å². The molecule has 0 aliphatic carbocycles. The number of hydrogen-bond acceptors (Lipinski definition) is 3. The van der Waals surface area contributed by atoms with Gasteiger partial charge in [-0.2, -0.15) is 0 Å². The number of pyridine rings is 1. The molecule has 3 rings (SSSR count). The number of benzene rings is 1. The van der Waals surface area contributed by atoms with Gasteiger partial charge in [-0.25, -0.2) is 4.39 Å². The first-order valence-corrected chi connectivity index (χ1v) is 5.59. The lowest BCUT2D eigenvalue weighted by Gasteiger charge is -2.01. The third-order valence-corrected chi connectivity index (χ3v) is 2.85. The Morgan fingerprint density at radius 2 is 2.17 bits per heavy atom. The van der Waals surface area contributed by atoms with Crippen LogP contribution in [0.1, 0.15) is 11.3 Å². The van der Waals surface area contributed by atoms with Gasteiger partial charge in [0, 0.05) is 35.5 Å². The molecule has 0 fully saturated rings. The Labute approximate surface area is 103 Å². The summed E-state index contributed by atoms with van der Waals surface area (Å²) < 4.78 is 19.0. The second-order valence-corrected chi connectivity index (χ2v) is 4.12. The maximum Gasteiger partial charge on any atom is 0.169 e. The predicted octanol–water partition coefficient (Wildman–Crippen LogP) is 3.14. The molecule has 1 aromatic carbocycles. The van der Waals surface area contributed by atoms with Crippen LogP contribution in [0.15, 0.2) is 47.1 Å². The zero-order chi connectivity index (χ0) is 12.5. The molecule has 0 spiro atoms. The third-order valence-electron chi connectivity index (χ3n) is 2.85. The summed E-state index contributed by atoms with van der Waals surface area (Å²) in [4.78, 5) is 4.02. The molecular formula is C14H11FN2O. The molecule has 90 valence electrons. The first-order valence-electron chi connectivity index (χ1n) is 5.59. The minimum absolute atomic E-state index is 0.287. The Morgan fingerprint density at radius 3 is 2.94 bits per heavy atom. The van der Waals surface area contributed by atoms with Crippen LogP contribution < -0.4 is 5.73 Å². The molecule has 0 saturated carbocycles. The van der Waals surface area contributed by atoms with Crippen LogP contribution in [0.5, 0.6) is 0 Å². The van der Waals surface area contributed by atoms with Crippen LogP contribution in [0.2, 0.25) is 0 Å². The van der Waals surface area contributed by atoms with E-state index in [-0.39, 0.29) is 11.4 Å². The largest absolute Gasteiger partial charge is 0.458 e. The van der Waals surface area contributed by atoms with Gasteiger partial charge in [0.25, 0.3) is 0 Å². The molecule has 4 heteroatoms. The van der Waals surface area contributed by atoms with Crippen molar-refractivity contribution in [1.82, 2.24) is 4.98 Å². The zero-order valence-corrected chi connectivity index (χ0v) is 9.56. The van der Waals surface area contributed by atoms with Gasteiger partial charge in [0.05, 0.1) is 0 Å². The van der Waals surface area contributed by atoms with Gasteiger partial charge in [0.15, 0.2) is 11.4 Å². The summed E-state index contributed by atoms with van der Waals surface area (Å²) in [7, 11) is 0. The van der Waals surface area contributed by atoms with Crippen molar-refractivity contribution in [1.29, 1.82) is 0 Å². The second kappa shape index (κ2) is 4.14. The molecule has 3 aromatic rings. The van der Waals surface area contributed by atoms with Gasteiger partial charge in [-0.15, -0.1) is 0 Å². The first-order chi connectivity index (χ1) is 8.74. The molecule has 0 aliphatic rings. The topological polar surface area (TPSA) is 52.0 Å². The van der Waals surface area contributed by atoms with E-state index >= 15 is 0 Å². The fourth-order valence-corrected chi connectivity index (χ4v) is 1.94. The number of rotatable bonds is 2. The summed E-state index contributed by atoms with van der Waals surface area (Å²) in [5.41, 5.74) is 7.65. The summed E-state index contributed by atoms with van der Waals surface area (Å²) in [6.07, 6.45) is 3.84. The minimum atomic E-state index is -0.349. The normalized spacial score (nSPS) is 10.9. The number of halogens is 1. The quantitative estimate of drug-likeness (QED) is 0.751. The van der Waals surface area contributed by atoms with Crippen LogP contribution >= 0.6 is 0 Å². The summed E-state index contributed by atoms with van der Waals surface area (Å²) in [5.74, 6) is 0.327. The van der Waals surface area contributed by atoms with Gasteiger partial charge >= 0.3 is 0 Å². The van der Waals surface area contributed by atoms with Crippen molar-refractivity contribution < 1.29 is 8.81 Å². The minimum Gasteiger partial charge on any atom is -0.458 e. The van der Waals surface area contributed by atoms with Crippen LogP contribution in [0.4, 0.5) is 10.1 Å². The van der Waals surface area contributed by atoms with Gasteiger partial charge < -0.3 is 10.2 Å². The zero-order valence-electron chi connectivity index (χ0n) is 9.56. The Kier molecular flexibility index (Phi) is 2.48. The molecule has 0 saturated heterocycles. The number of para-hydroxylation sites is 1. The summed E-state index contributed by atoms with van der Waals surface area (Å²) >= 11 is 0. The van der Waals surface area contributed by atoms with Crippen molar-refractivity contribution >= 4 is 16.7 Å². The van der Waals surface area contributed by atoms with Gasteiger partial charge in [-0.05, 0) is 18.2 Å². The third kappa shape index (κ3) is 1.82. The van der Waals surface area contributed by atoms with Crippen LogP contribution in [0.25, 0.3) is 11.0 Å². The number of aromatic nitrogens is 1. The van der Waals surface area contributed by atoms with E-state index in [4.69, 9.17) is 10.2 Å². The van der Waals surface area contributed by atoms with Gasteiger partial charge in [0.1, 0.15) is 5.76 Å². The molecule has 0 bridgehead atoms. The van der Waals surface area contributed by atoms with Crippen molar-refractivity contribution in [2.75, 3.05) is 5.73 Å². The van der Waals surface area contributed by atoms with E-state index in [1.165, 1.54) is 6.07 Å². The van der Waals surface area contributed by atoms with Crippen LogP contribution in [0.3, 0.4) is 0 Å². The maximum absolute atomic E-state index is 13.5. The van der Waals surface area contributed by atoms with Crippen LogP contribution in [-0.4, -0.2) is 4.98 Å². The van der Waals surface area contributed by atoms with Crippen LogP contribution in [-0.2, 0) is 6.42 Å². The fraction of sp³-hybridized carbons (Fsp3) is 0.0714. The highest BCUT2D eigenvalue weighted by atomic mass is 19.1. The average molecular weight is 242 g/mol. The van der Waals surface area contributed by atoms with Gasteiger partial charge in [-0.3, -0.25) is 4.98 Å². The van der Waals surface area contributed by atoms with Crippen molar-refractivity contribution in [2.24, 2.45) is 0 Å². The molecule has 0 atom stereocenters. The molecule has 0 unspecified atom stereocenters. The summed E-state index contributed by atoms with van der Waals surface area (Å²) in [6, 6.07) is 8.42. The number of furan rings is 1. The van der Waals surface area contributed by atoms with E-state index < -0.39 is 0 Å². The van der Waals surface area contributed by atoms with E-state index in [0.29, 0.717) is 17.9 Å². The number of hydrogen-bond donors (Lipinski definition) is 1. The van der Waals surface area contributed by atoms with Crippen molar-refractivity contribution in [3.05, 3.63) is 59.9 Å². The Morgan fingerprint density at radius 1 is 1.28 bits per heavy atom. The molecule has 18 heavy (non-hydrogen) atoms. The predicted molar refractivity (Wildman–Crippen MR) is 67.6 cm³/mol. The Hall–Kier alpha value is -2.36. The Balaban J connectivity index is 2.01. The van der Waals surface area contributed by atoms with Gasteiger partial charge in [0.2, 0.25) is 0 Å². The number of nitrogens with zero attached hydrogens (tertiary/aromatic N) is 1. The average Bonchev–Trinajstić information content (AvgIpc) is 2.76. The maximum atomic E-state index is 13.5. The fourth-order valence-electron chi connectivity index (χ4n) is 1.94. The van der Waals surface area contributed by atoms with Crippen LogP contribution in [0, 0.1) is 5.82 Å². The first kappa shape index (κ1) is 10.8. The number of fused-ring (bicyclic) bond motifs is 1. The number of nitrogens with two attached hydrogens (primary N) is 1. The number of nitrogen functional groups attached to an aromatic ring is 1. The summed E-state index contributed by atoms with van der Waals surface area (Å²) in [6.45, 7) is 0. The molecule has 2 heterocycles. The molecule has 2 aromatic heterocycles. The highest BCUT2D eigenvalue weighted by molar-refractivity contribution is 5.78. The van der Waals surface area contributed by atoms with Crippen molar-refractivity contribution in [3.63, 3.8) is 0 Å². The van der Waals surface area contributed by atoms with E-state index in [2.05, 4.69) is 4.98 Å². The SMILES string of the molecule is Nc1ccncc1Cc1cc2cccc(F)c2o1. The van der Waals surface area contributed by atoms with E-state index in [1.807, 2.05) is 12.1 Å². The lowest BCUT2D eigenvalue weighted by Crippen LogP contribution is -1.95. The van der Waals surface area contributed by atoms with E-state index in [0.717, 1.165) is 10.9 Å². The molecule has 2 N–H and O–H groups in total. The monoisotopic (exact) mass is 242 g/mol. The van der Waals surface area contributed by atoms with Gasteiger partial charge in [-0.1, -0.05) is 12.1 Å². The summed E-state index contributed by atoms with van der Waals surface area (Å²) in [5, 5.41) is 0.757. The second-order valence-electron chi connectivity index (χ2n) is 4.12. The lowest BCUT2D eigenvalue weighted by atomic mass is 10.1. The molecule has 3 nitrogen and oxygen atoms in total. The molecule has 0 aliphatic heterocycles. The molecule has 0 amide bonds.